The largest absolute Gasteiger partial charge is 0.345 e. The van der Waals surface area contributed by atoms with Gasteiger partial charge in [-0.25, -0.2) is 14.8 Å². The van der Waals surface area contributed by atoms with Crippen molar-refractivity contribution >= 4 is 21.6 Å². The Morgan fingerprint density at radius 2 is 2.26 bits per heavy atom. The van der Waals surface area contributed by atoms with Crippen LogP contribution in [0.5, 0.6) is 0 Å². The first-order valence-corrected chi connectivity index (χ1v) is 6.49. The summed E-state index contributed by atoms with van der Waals surface area (Å²) in [5.41, 5.74) is 8.06. The minimum atomic E-state index is -0.464. The van der Waals surface area contributed by atoms with Crippen LogP contribution in [0.15, 0.2) is 29.3 Å². The third-order valence-corrected chi connectivity index (χ3v) is 3.83. The van der Waals surface area contributed by atoms with E-state index in [4.69, 9.17) is 5.73 Å². The van der Waals surface area contributed by atoms with Crippen molar-refractivity contribution in [3.05, 3.63) is 51.4 Å². The Morgan fingerprint density at radius 1 is 1.42 bits per heavy atom. The van der Waals surface area contributed by atoms with Crippen molar-refractivity contribution in [2.75, 3.05) is 0 Å². The van der Waals surface area contributed by atoms with Gasteiger partial charge in [0.05, 0.1) is 22.5 Å². The lowest BCUT2D eigenvalue weighted by atomic mass is 10.2. The van der Waals surface area contributed by atoms with Gasteiger partial charge in [-0.05, 0) is 19.1 Å². The van der Waals surface area contributed by atoms with Gasteiger partial charge < -0.3 is 10.7 Å². The second-order valence-electron chi connectivity index (χ2n) is 4.15. The summed E-state index contributed by atoms with van der Waals surface area (Å²) in [6.07, 6.45) is 3.17. The first-order valence-electron chi connectivity index (χ1n) is 5.67. The molecule has 6 nitrogen and oxygen atoms in total. The normalized spacial score (nSPS) is 12.7. The summed E-state index contributed by atoms with van der Waals surface area (Å²) >= 11 is 1.50. The van der Waals surface area contributed by atoms with E-state index >= 15 is 0 Å². The molecule has 1 unspecified atom stereocenters. The van der Waals surface area contributed by atoms with E-state index in [-0.39, 0.29) is 0 Å². The molecule has 3 rings (SSSR count). The molecule has 0 spiro atoms. The monoisotopic (exact) mass is 273 g/mol. The molecular weight excluding hydrogens is 262 g/mol. The summed E-state index contributed by atoms with van der Waals surface area (Å²) in [5, 5.41) is 0.740. The molecule has 0 saturated carbocycles. The molecule has 0 aliphatic heterocycles. The van der Waals surface area contributed by atoms with Gasteiger partial charge in [0.15, 0.2) is 0 Å². The van der Waals surface area contributed by atoms with Crippen LogP contribution in [0.4, 0.5) is 0 Å². The number of nitrogens with one attached hydrogen (secondary N) is 1. The Morgan fingerprint density at radius 3 is 3.05 bits per heavy atom. The van der Waals surface area contributed by atoms with Gasteiger partial charge >= 0.3 is 5.69 Å². The fourth-order valence-electron chi connectivity index (χ4n) is 1.78. The van der Waals surface area contributed by atoms with Gasteiger partial charge in [-0.1, -0.05) is 0 Å². The van der Waals surface area contributed by atoms with Gasteiger partial charge in [-0.2, -0.15) is 0 Å². The minimum absolute atomic E-state index is 0.411. The standard InChI is InChI=1S/C12H11N5OS/c1-6-4-9-8(5-15-6)16-11(19-9)10(13)7-2-3-14-12(18)17-7/h2-5,10H,13H2,1H3,(H,14,17,18). The molecule has 0 saturated heterocycles. The molecule has 0 bridgehead atoms. The zero-order valence-corrected chi connectivity index (χ0v) is 10.9. The maximum absolute atomic E-state index is 11.2. The highest BCUT2D eigenvalue weighted by Crippen LogP contribution is 2.27. The van der Waals surface area contributed by atoms with E-state index in [1.54, 1.807) is 12.3 Å². The molecule has 0 amide bonds. The molecular formula is C12H11N5OS. The van der Waals surface area contributed by atoms with Gasteiger partial charge in [-0.3, -0.25) is 4.98 Å². The van der Waals surface area contributed by atoms with Crippen LogP contribution in [-0.4, -0.2) is 19.9 Å². The van der Waals surface area contributed by atoms with E-state index in [1.807, 2.05) is 13.0 Å². The number of pyridine rings is 1. The Labute approximate surface area is 112 Å². The molecule has 3 N–H and O–H groups in total. The highest BCUT2D eigenvalue weighted by Gasteiger charge is 2.15. The third kappa shape index (κ3) is 2.25. The molecule has 0 aliphatic carbocycles. The number of H-pyrrole nitrogens is 1. The molecule has 3 aromatic heterocycles. The van der Waals surface area contributed by atoms with E-state index in [1.165, 1.54) is 17.5 Å². The van der Waals surface area contributed by atoms with Crippen molar-refractivity contribution in [1.29, 1.82) is 0 Å². The summed E-state index contributed by atoms with van der Waals surface area (Å²) < 4.78 is 1.04. The number of aromatic nitrogens is 4. The molecule has 3 heterocycles. The van der Waals surface area contributed by atoms with Crippen LogP contribution in [0.2, 0.25) is 0 Å². The van der Waals surface area contributed by atoms with Crippen LogP contribution in [-0.2, 0) is 0 Å². The van der Waals surface area contributed by atoms with Gasteiger partial charge in [-0.15, -0.1) is 11.3 Å². The Hall–Kier alpha value is -2.12. The lowest BCUT2D eigenvalue weighted by Crippen LogP contribution is -2.19. The van der Waals surface area contributed by atoms with Gasteiger partial charge in [0, 0.05) is 17.6 Å². The van der Waals surface area contributed by atoms with Crippen LogP contribution < -0.4 is 11.4 Å². The molecule has 96 valence electrons. The Balaban J connectivity index is 2.06. The van der Waals surface area contributed by atoms with Crippen molar-refractivity contribution in [2.45, 2.75) is 13.0 Å². The molecule has 0 aromatic carbocycles. The van der Waals surface area contributed by atoms with E-state index in [0.717, 1.165) is 20.9 Å². The maximum Gasteiger partial charge on any atom is 0.345 e. The molecule has 0 radical (unpaired) electrons. The molecule has 0 aliphatic rings. The van der Waals surface area contributed by atoms with E-state index < -0.39 is 11.7 Å². The van der Waals surface area contributed by atoms with E-state index in [0.29, 0.717) is 5.69 Å². The number of nitrogens with two attached hydrogens (primary N) is 1. The number of aryl methyl sites for hydroxylation is 1. The fraction of sp³-hybridized carbons (Fsp3) is 0.167. The fourth-order valence-corrected chi connectivity index (χ4v) is 2.83. The summed E-state index contributed by atoms with van der Waals surface area (Å²) in [5.74, 6) is 0. The summed E-state index contributed by atoms with van der Waals surface area (Å²) in [6, 6.07) is 3.19. The minimum Gasteiger partial charge on any atom is -0.317 e. The first-order chi connectivity index (χ1) is 9.13. The van der Waals surface area contributed by atoms with Crippen LogP contribution in [0.3, 0.4) is 0 Å². The predicted molar refractivity (Wildman–Crippen MR) is 73.0 cm³/mol. The lowest BCUT2D eigenvalue weighted by molar-refractivity contribution is 0.802. The van der Waals surface area contributed by atoms with Crippen LogP contribution in [0.1, 0.15) is 22.4 Å². The van der Waals surface area contributed by atoms with Crippen LogP contribution >= 0.6 is 11.3 Å². The zero-order chi connectivity index (χ0) is 13.4. The van der Waals surface area contributed by atoms with Gasteiger partial charge in [0.1, 0.15) is 5.01 Å². The number of thiazole rings is 1. The topological polar surface area (TPSA) is 97.5 Å². The van der Waals surface area contributed by atoms with Crippen molar-refractivity contribution < 1.29 is 0 Å². The molecule has 3 aromatic rings. The van der Waals surface area contributed by atoms with Gasteiger partial charge in [0.2, 0.25) is 0 Å². The number of aromatic amines is 1. The van der Waals surface area contributed by atoms with Crippen molar-refractivity contribution in [3.63, 3.8) is 0 Å². The Bertz CT molecular complexity index is 794. The Kier molecular flexibility index (Phi) is 2.84. The smallest absolute Gasteiger partial charge is 0.317 e. The molecule has 0 fully saturated rings. The number of fused-ring (bicyclic) bond motifs is 1. The van der Waals surface area contributed by atoms with Crippen LogP contribution in [0.25, 0.3) is 10.2 Å². The van der Waals surface area contributed by atoms with Gasteiger partial charge in [0.25, 0.3) is 0 Å². The average Bonchev–Trinajstić information content (AvgIpc) is 2.80. The van der Waals surface area contributed by atoms with Crippen LogP contribution in [0, 0.1) is 6.92 Å². The van der Waals surface area contributed by atoms with E-state index in [2.05, 4.69) is 19.9 Å². The highest BCUT2D eigenvalue weighted by atomic mass is 32.1. The summed E-state index contributed by atoms with van der Waals surface area (Å²) in [4.78, 5) is 26.0. The SMILES string of the molecule is Cc1cc2sc(C(N)c3ccnc(=O)[nH]3)nc2cn1. The zero-order valence-electron chi connectivity index (χ0n) is 10.1. The maximum atomic E-state index is 11.2. The molecule has 19 heavy (non-hydrogen) atoms. The number of nitrogens with zero attached hydrogens (tertiary/aromatic N) is 3. The summed E-state index contributed by atoms with van der Waals surface area (Å²) in [7, 11) is 0. The first kappa shape index (κ1) is 11.9. The average molecular weight is 273 g/mol. The predicted octanol–water partition coefficient (Wildman–Crippen LogP) is 1.13. The highest BCUT2D eigenvalue weighted by molar-refractivity contribution is 7.18. The third-order valence-electron chi connectivity index (χ3n) is 2.73. The van der Waals surface area contributed by atoms with Crippen molar-refractivity contribution in [3.8, 4) is 0 Å². The summed E-state index contributed by atoms with van der Waals surface area (Å²) in [6.45, 7) is 1.93. The molecule has 7 heteroatoms. The van der Waals surface area contributed by atoms with E-state index in [9.17, 15) is 4.79 Å². The number of hydrogen-bond acceptors (Lipinski definition) is 6. The van der Waals surface area contributed by atoms with Crippen molar-refractivity contribution in [2.24, 2.45) is 5.73 Å². The second kappa shape index (κ2) is 4.52. The molecule has 1 atom stereocenters. The second-order valence-corrected chi connectivity index (χ2v) is 5.22. The number of rotatable bonds is 2. The van der Waals surface area contributed by atoms with Crippen molar-refractivity contribution in [1.82, 2.24) is 19.9 Å². The lowest BCUT2D eigenvalue weighted by Gasteiger charge is -2.06. The number of hydrogen-bond donors (Lipinski definition) is 2. The quantitative estimate of drug-likeness (QED) is 0.729.